The molecule has 106 valence electrons. The number of hydrogen-bond donors (Lipinski definition) is 0. The molecule has 0 heteroatoms. The third-order valence-corrected chi connectivity index (χ3v) is 1.83. The topological polar surface area (TPSA) is 0 Å². The van der Waals surface area contributed by atoms with Crippen molar-refractivity contribution in [2.24, 2.45) is 0 Å². The van der Waals surface area contributed by atoms with Crippen LogP contribution in [0.2, 0.25) is 0 Å². The minimum atomic E-state index is 1.10. The molecule has 0 fully saturated rings. The Morgan fingerprint density at radius 1 is 1.00 bits per heavy atom. The van der Waals surface area contributed by atoms with Gasteiger partial charge in [0, 0.05) is 0 Å². The highest BCUT2D eigenvalue weighted by Crippen LogP contribution is 2.13. The van der Waals surface area contributed by atoms with E-state index in [1.807, 2.05) is 34.6 Å². The molecule has 0 radical (unpaired) electrons. The van der Waals surface area contributed by atoms with Crippen molar-refractivity contribution in [2.75, 3.05) is 0 Å². The molecule has 0 heterocycles. The zero-order chi connectivity index (χ0) is 15.0. The van der Waals surface area contributed by atoms with Crippen LogP contribution in [-0.4, -0.2) is 0 Å². The molecule has 0 saturated carbocycles. The van der Waals surface area contributed by atoms with Gasteiger partial charge in [-0.15, -0.1) is 0 Å². The lowest BCUT2D eigenvalue weighted by Crippen LogP contribution is -1.82. The highest BCUT2D eigenvalue weighted by molar-refractivity contribution is 5.61. The number of hydrogen-bond acceptors (Lipinski definition) is 0. The minimum Gasteiger partial charge on any atom is -0.0955 e. The van der Waals surface area contributed by atoms with Crippen LogP contribution in [0.1, 0.15) is 72.9 Å². The van der Waals surface area contributed by atoms with Gasteiger partial charge >= 0.3 is 0 Å². The van der Waals surface area contributed by atoms with Crippen LogP contribution in [0.15, 0.2) is 30.8 Å². The van der Waals surface area contributed by atoms with Crippen LogP contribution in [0.4, 0.5) is 0 Å². The maximum Gasteiger partial charge on any atom is -0.0231 e. The molecule has 18 heavy (non-hydrogen) atoms. The van der Waals surface area contributed by atoms with E-state index in [9.17, 15) is 0 Å². The Morgan fingerprint density at radius 2 is 1.44 bits per heavy atom. The first kappa shape index (κ1) is 22.2. The Labute approximate surface area is 116 Å². The fraction of sp³-hybridized carbons (Fsp3) is 0.556. The monoisotopic (exact) mass is 250 g/mol. The summed E-state index contributed by atoms with van der Waals surface area (Å²) in [5.41, 5.74) is 3.77. The summed E-state index contributed by atoms with van der Waals surface area (Å²) in [5, 5.41) is 0. The first-order valence-electron chi connectivity index (χ1n) is 7.40. The summed E-state index contributed by atoms with van der Waals surface area (Å²) in [6.45, 7) is 20.4. The van der Waals surface area contributed by atoms with Gasteiger partial charge in [0.2, 0.25) is 0 Å². The minimum absolute atomic E-state index is 1.10. The molecule has 0 nitrogen and oxygen atoms in total. The van der Waals surface area contributed by atoms with E-state index >= 15 is 0 Å². The molecule has 1 aromatic carbocycles. The van der Waals surface area contributed by atoms with Gasteiger partial charge in [-0.25, -0.2) is 0 Å². The molecule has 0 atom stereocenters. The molecule has 0 aromatic heterocycles. The van der Waals surface area contributed by atoms with Crippen molar-refractivity contribution >= 4 is 5.57 Å². The van der Waals surface area contributed by atoms with Gasteiger partial charge < -0.3 is 0 Å². The molecule has 1 rings (SSSR count). The molecule has 0 aliphatic carbocycles. The molecule has 0 aliphatic heterocycles. The average Bonchev–Trinajstić information content (AvgIpc) is 2.44. The van der Waals surface area contributed by atoms with Crippen LogP contribution in [0.3, 0.4) is 0 Å². The van der Waals surface area contributed by atoms with Crippen molar-refractivity contribution in [3.63, 3.8) is 0 Å². The van der Waals surface area contributed by atoms with Crippen molar-refractivity contribution in [3.05, 3.63) is 42.0 Å². The predicted octanol–water partition coefficient (Wildman–Crippen LogP) is 6.75. The first-order valence-corrected chi connectivity index (χ1v) is 7.40. The fourth-order valence-corrected chi connectivity index (χ4v) is 1.06. The third-order valence-electron chi connectivity index (χ3n) is 1.83. The summed E-state index contributed by atoms with van der Waals surface area (Å²) in [6.07, 6.45) is 2.35. The summed E-state index contributed by atoms with van der Waals surface area (Å²) >= 11 is 0. The molecule has 0 spiro atoms. The molecule has 0 amide bonds. The van der Waals surface area contributed by atoms with Gasteiger partial charge in [0.25, 0.3) is 0 Å². The van der Waals surface area contributed by atoms with Crippen molar-refractivity contribution in [2.45, 2.75) is 68.2 Å². The molecule has 0 unspecified atom stereocenters. The number of allylic oxidation sites excluding steroid dienone is 1. The smallest absolute Gasteiger partial charge is 0.0231 e. The van der Waals surface area contributed by atoms with Crippen molar-refractivity contribution in [3.8, 4) is 0 Å². The third kappa shape index (κ3) is 13.0. The Morgan fingerprint density at radius 3 is 1.78 bits per heavy atom. The van der Waals surface area contributed by atoms with E-state index < -0.39 is 0 Å². The van der Waals surface area contributed by atoms with E-state index in [1.54, 1.807) is 0 Å². The quantitative estimate of drug-likeness (QED) is 0.544. The summed E-state index contributed by atoms with van der Waals surface area (Å²) in [7, 11) is 0. The second kappa shape index (κ2) is 18.3. The second-order valence-corrected chi connectivity index (χ2v) is 3.54. The summed E-state index contributed by atoms with van der Waals surface area (Å²) in [6, 6.07) is 8.53. The van der Waals surface area contributed by atoms with Crippen LogP contribution in [-0.2, 0) is 6.42 Å². The van der Waals surface area contributed by atoms with E-state index in [4.69, 9.17) is 0 Å². The largest absolute Gasteiger partial charge is 0.0955 e. The second-order valence-electron chi connectivity index (χ2n) is 3.54. The maximum absolute atomic E-state index is 3.90. The summed E-state index contributed by atoms with van der Waals surface area (Å²) < 4.78 is 0. The lowest BCUT2D eigenvalue weighted by atomic mass is 10.0. The summed E-state index contributed by atoms with van der Waals surface area (Å²) in [4.78, 5) is 0. The lowest BCUT2D eigenvalue weighted by molar-refractivity contribution is 1.09. The van der Waals surface area contributed by atoms with Crippen LogP contribution in [0.5, 0.6) is 0 Å². The Balaban J connectivity index is -0.000000274. The van der Waals surface area contributed by atoms with Gasteiger partial charge in [-0.2, -0.15) is 0 Å². The first-order chi connectivity index (χ1) is 8.65. The fourth-order valence-electron chi connectivity index (χ4n) is 1.06. The van der Waals surface area contributed by atoms with Crippen molar-refractivity contribution < 1.29 is 0 Å². The van der Waals surface area contributed by atoms with Gasteiger partial charge in [-0.1, -0.05) is 91.3 Å². The number of rotatable bonds is 2. The van der Waals surface area contributed by atoms with Gasteiger partial charge in [-0.05, 0) is 24.5 Å². The van der Waals surface area contributed by atoms with E-state index in [-0.39, 0.29) is 0 Å². The zero-order valence-electron chi connectivity index (χ0n) is 13.9. The standard InChI is InChI=1S/C11H14.C3H8.2C2H6/c1-4-10-6-5-7-11(8-10)9(2)3;1-3-2;2*1-2/h5-8H,2,4H2,1,3H3;3H2,1-2H3;2*1-2H3. The molecule has 1 aromatic rings. The SMILES string of the molecule is C=C(C)c1cccc(CC)c1.CC.CC.CCC. The van der Waals surface area contributed by atoms with Crippen molar-refractivity contribution in [1.82, 2.24) is 0 Å². The zero-order valence-corrected chi connectivity index (χ0v) is 13.9. The Bertz CT molecular complexity index is 271. The molecule has 0 saturated heterocycles. The van der Waals surface area contributed by atoms with E-state index in [0.29, 0.717) is 0 Å². The van der Waals surface area contributed by atoms with Crippen LogP contribution < -0.4 is 0 Å². The Hall–Kier alpha value is -1.04. The lowest BCUT2D eigenvalue weighted by Gasteiger charge is -2.01. The normalized spacial score (nSPS) is 7.56. The highest BCUT2D eigenvalue weighted by Gasteiger charge is 1.93. The molecular formula is C18H34. The van der Waals surface area contributed by atoms with Gasteiger partial charge in [0.15, 0.2) is 0 Å². The average molecular weight is 250 g/mol. The molecule has 0 bridgehead atoms. The van der Waals surface area contributed by atoms with Gasteiger partial charge in [0.1, 0.15) is 0 Å². The number of benzene rings is 1. The molecular weight excluding hydrogens is 216 g/mol. The molecule has 0 aliphatic rings. The van der Waals surface area contributed by atoms with Gasteiger partial charge in [0.05, 0.1) is 0 Å². The summed E-state index contributed by atoms with van der Waals surface area (Å²) in [5.74, 6) is 0. The maximum atomic E-state index is 3.90. The van der Waals surface area contributed by atoms with Crippen LogP contribution in [0, 0.1) is 0 Å². The molecule has 0 N–H and O–H groups in total. The van der Waals surface area contributed by atoms with E-state index in [0.717, 1.165) is 12.0 Å². The predicted molar refractivity (Wildman–Crippen MR) is 89.2 cm³/mol. The van der Waals surface area contributed by atoms with Crippen LogP contribution >= 0.6 is 0 Å². The van der Waals surface area contributed by atoms with E-state index in [2.05, 4.69) is 51.6 Å². The number of aryl methyl sites for hydroxylation is 1. The van der Waals surface area contributed by atoms with Gasteiger partial charge in [-0.3, -0.25) is 0 Å². The van der Waals surface area contributed by atoms with Crippen molar-refractivity contribution in [1.29, 1.82) is 0 Å². The van der Waals surface area contributed by atoms with E-state index in [1.165, 1.54) is 17.5 Å². The van der Waals surface area contributed by atoms with Crippen LogP contribution in [0.25, 0.3) is 5.57 Å². The highest BCUT2D eigenvalue weighted by atomic mass is 14.0. The Kier molecular flexibility index (Phi) is 22.6.